The van der Waals surface area contributed by atoms with E-state index < -0.39 is 0 Å². The minimum atomic E-state index is 0.357. The first-order valence-corrected chi connectivity index (χ1v) is 7.33. The molecule has 3 heterocycles. The van der Waals surface area contributed by atoms with Crippen LogP contribution in [0.25, 0.3) is 5.69 Å². The standard InChI is InChI=1S/C14H16N8/c1-2-4-12(5-3-1)22-14(18-19-20-22)8-15-11-6-7-13-16-10-17-21(13)9-11/h1-5,10-11,15H,6-9H2/t11-/m1/s1. The van der Waals surface area contributed by atoms with Gasteiger partial charge in [0.2, 0.25) is 0 Å². The van der Waals surface area contributed by atoms with E-state index in [0.717, 1.165) is 36.7 Å². The third-order valence-corrected chi connectivity index (χ3v) is 3.89. The van der Waals surface area contributed by atoms with Crippen molar-refractivity contribution in [1.82, 2.24) is 40.3 Å². The molecule has 0 amide bonds. The first-order valence-electron chi connectivity index (χ1n) is 7.33. The number of aromatic nitrogens is 7. The van der Waals surface area contributed by atoms with Crippen molar-refractivity contribution in [1.29, 1.82) is 0 Å². The summed E-state index contributed by atoms with van der Waals surface area (Å²) in [5, 5.41) is 19.7. The summed E-state index contributed by atoms with van der Waals surface area (Å²) in [4.78, 5) is 4.24. The molecule has 0 saturated carbocycles. The number of hydrogen-bond acceptors (Lipinski definition) is 6. The predicted molar refractivity (Wildman–Crippen MR) is 78.1 cm³/mol. The molecule has 8 heteroatoms. The number of hydrogen-bond donors (Lipinski definition) is 1. The van der Waals surface area contributed by atoms with Crippen LogP contribution in [0.2, 0.25) is 0 Å². The van der Waals surface area contributed by atoms with Crippen molar-refractivity contribution in [3.63, 3.8) is 0 Å². The van der Waals surface area contributed by atoms with Crippen molar-refractivity contribution in [2.45, 2.75) is 32.0 Å². The van der Waals surface area contributed by atoms with E-state index in [-0.39, 0.29) is 0 Å². The van der Waals surface area contributed by atoms with Gasteiger partial charge in [0, 0.05) is 12.5 Å². The van der Waals surface area contributed by atoms with Crippen molar-refractivity contribution >= 4 is 0 Å². The first-order chi connectivity index (χ1) is 10.9. The lowest BCUT2D eigenvalue weighted by molar-refractivity contribution is 0.354. The third kappa shape index (κ3) is 2.48. The van der Waals surface area contributed by atoms with Crippen LogP contribution in [0.5, 0.6) is 0 Å². The molecule has 22 heavy (non-hydrogen) atoms. The maximum absolute atomic E-state index is 4.24. The average Bonchev–Trinajstić information content (AvgIpc) is 3.22. The van der Waals surface area contributed by atoms with E-state index in [9.17, 15) is 0 Å². The van der Waals surface area contributed by atoms with Crippen molar-refractivity contribution in [2.24, 2.45) is 0 Å². The zero-order valence-corrected chi connectivity index (χ0v) is 12.0. The van der Waals surface area contributed by atoms with Gasteiger partial charge >= 0.3 is 0 Å². The van der Waals surface area contributed by atoms with Crippen LogP contribution in [-0.2, 0) is 19.5 Å². The van der Waals surface area contributed by atoms with Crippen LogP contribution in [0.4, 0.5) is 0 Å². The number of aryl methyl sites for hydroxylation is 1. The van der Waals surface area contributed by atoms with Crippen molar-refractivity contribution in [3.05, 3.63) is 48.3 Å². The molecule has 2 aromatic heterocycles. The largest absolute Gasteiger partial charge is 0.305 e. The molecule has 1 aliphatic heterocycles. The minimum absolute atomic E-state index is 0.357. The topological polar surface area (TPSA) is 86.3 Å². The van der Waals surface area contributed by atoms with Gasteiger partial charge in [-0.15, -0.1) is 5.10 Å². The molecule has 0 fully saturated rings. The number of nitrogens with one attached hydrogen (secondary N) is 1. The maximum Gasteiger partial charge on any atom is 0.170 e. The second-order valence-electron chi connectivity index (χ2n) is 5.32. The Morgan fingerprint density at radius 1 is 1.23 bits per heavy atom. The van der Waals surface area contributed by atoms with Crippen molar-refractivity contribution in [3.8, 4) is 5.69 Å². The highest BCUT2D eigenvalue weighted by Gasteiger charge is 2.20. The van der Waals surface area contributed by atoms with Gasteiger partial charge in [-0.2, -0.15) is 9.78 Å². The Hall–Kier alpha value is -2.61. The van der Waals surface area contributed by atoms with E-state index in [1.54, 1.807) is 11.0 Å². The Morgan fingerprint density at radius 2 is 2.14 bits per heavy atom. The second kappa shape index (κ2) is 5.64. The number of para-hydroxylation sites is 1. The van der Waals surface area contributed by atoms with Crippen molar-refractivity contribution < 1.29 is 0 Å². The van der Waals surface area contributed by atoms with Gasteiger partial charge < -0.3 is 5.32 Å². The van der Waals surface area contributed by atoms with E-state index in [2.05, 4.69) is 30.9 Å². The average molecular weight is 296 g/mol. The highest BCUT2D eigenvalue weighted by Crippen LogP contribution is 2.12. The molecule has 0 spiro atoms. The Kier molecular flexibility index (Phi) is 3.36. The molecule has 112 valence electrons. The molecule has 1 aliphatic rings. The normalized spacial score (nSPS) is 17.4. The predicted octanol–water partition coefficient (Wildman–Crippen LogP) is 0.358. The third-order valence-electron chi connectivity index (χ3n) is 3.89. The van der Waals surface area contributed by atoms with Gasteiger partial charge in [-0.1, -0.05) is 18.2 Å². The molecule has 1 N–H and O–H groups in total. The summed E-state index contributed by atoms with van der Waals surface area (Å²) in [6.45, 7) is 1.46. The molecular formula is C14H16N8. The van der Waals surface area contributed by atoms with Gasteiger partial charge in [-0.25, -0.2) is 9.67 Å². The Bertz CT molecular complexity index is 747. The fourth-order valence-corrected chi connectivity index (χ4v) is 2.73. The molecule has 8 nitrogen and oxygen atoms in total. The number of nitrogens with zero attached hydrogens (tertiary/aromatic N) is 7. The van der Waals surface area contributed by atoms with E-state index >= 15 is 0 Å². The minimum Gasteiger partial charge on any atom is -0.305 e. The molecule has 0 unspecified atom stereocenters. The molecule has 0 radical (unpaired) electrons. The summed E-state index contributed by atoms with van der Waals surface area (Å²) >= 11 is 0. The van der Waals surface area contributed by atoms with Gasteiger partial charge in [-0.3, -0.25) is 0 Å². The van der Waals surface area contributed by atoms with Crippen LogP contribution in [-0.4, -0.2) is 41.0 Å². The van der Waals surface area contributed by atoms with Gasteiger partial charge in [-0.05, 0) is 29.0 Å². The molecule has 0 saturated heterocycles. The molecule has 1 aromatic carbocycles. The smallest absolute Gasteiger partial charge is 0.170 e. The fourth-order valence-electron chi connectivity index (χ4n) is 2.73. The summed E-state index contributed by atoms with van der Waals surface area (Å²) in [6.07, 6.45) is 3.61. The monoisotopic (exact) mass is 296 g/mol. The summed E-state index contributed by atoms with van der Waals surface area (Å²) in [5.41, 5.74) is 0.964. The maximum atomic E-state index is 4.24. The van der Waals surface area contributed by atoms with Crippen LogP contribution >= 0.6 is 0 Å². The van der Waals surface area contributed by atoms with Gasteiger partial charge in [0.15, 0.2) is 5.82 Å². The van der Waals surface area contributed by atoms with Crippen LogP contribution < -0.4 is 5.32 Å². The van der Waals surface area contributed by atoms with E-state index in [4.69, 9.17) is 0 Å². The zero-order valence-electron chi connectivity index (χ0n) is 12.0. The second-order valence-corrected chi connectivity index (χ2v) is 5.32. The first kappa shape index (κ1) is 13.1. The Balaban J connectivity index is 1.44. The van der Waals surface area contributed by atoms with E-state index in [1.807, 2.05) is 35.0 Å². The molecule has 4 rings (SSSR count). The summed E-state index contributed by atoms with van der Waals surface area (Å²) < 4.78 is 3.72. The van der Waals surface area contributed by atoms with Crippen LogP contribution in [0.1, 0.15) is 18.1 Å². The van der Waals surface area contributed by atoms with Crippen LogP contribution in [0.15, 0.2) is 36.7 Å². The summed E-state index contributed by atoms with van der Waals surface area (Å²) in [5.74, 6) is 1.86. The fraction of sp³-hybridized carbons (Fsp3) is 0.357. The quantitative estimate of drug-likeness (QED) is 0.748. The number of tetrazole rings is 1. The van der Waals surface area contributed by atoms with E-state index in [0.29, 0.717) is 12.6 Å². The Labute approximate surface area is 127 Å². The number of fused-ring (bicyclic) bond motifs is 1. The number of rotatable bonds is 4. The molecular weight excluding hydrogens is 280 g/mol. The highest BCUT2D eigenvalue weighted by molar-refractivity contribution is 5.30. The Morgan fingerprint density at radius 3 is 3.05 bits per heavy atom. The van der Waals surface area contributed by atoms with Gasteiger partial charge in [0.05, 0.1) is 18.8 Å². The molecule has 3 aromatic rings. The lowest BCUT2D eigenvalue weighted by Crippen LogP contribution is -2.38. The van der Waals surface area contributed by atoms with Crippen molar-refractivity contribution in [2.75, 3.05) is 0 Å². The van der Waals surface area contributed by atoms with Crippen LogP contribution in [0.3, 0.4) is 0 Å². The summed E-state index contributed by atoms with van der Waals surface area (Å²) in [6, 6.07) is 10.3. The molecule has 1 atom stereocenters. The van der Waals surface area contributed by atoms with Crippen LogP contribution in [0, 0.1) is 0 Å². The molecule has 0 bridgehead atoms. The highest BCUT2D eigenvalue weighted by atomic mass is 15.5. The molecule has 0 aliphatic carbocycles. The summed E-state index contributed by atoms with van der Waals surface area (Å²) in [7, 11) is 0. The SMILES string of the molecule is c1ccc(-n2nnnc2CN[C@@H]2CCc3ncnn3C2)cc1. The lowest BCUT2D eigenvalue weighted by atomic mass is 10.1. The van der Waals surface area contributed by atoms with Gasteiger partial charge in [0.25, 0.3) is 0 Å². The number of benzene rings is 1. The zero-order chi connectivity index (χ0) is 14.8. The lowest BCUT2D eigenvalue weighted by Gasteiger charge is -2.23. The van der Waals surface area contributed by atoms with E-state index in [1.165, 1.54) is 0 Å². The van der Waals surface area contributed by atoms with Gasteiger partial charge in [0.1, 0.15) is 12.2 Å².